The Bertz CT molecular complexity index is 360. The smallest absolute Gasteiger partial charge is 0.0340 e. The Morgan fingerprint density at radius 1 is 0.941 bits per heavy atom. The molecular formula is C17H22. The second kappa shape index (κ2) is 7.17. The average molecular weight is 226 g/mol. The van der Waals surface area contributed by atoms with Crippen molar-refractivity contribution in [1.29, 1.82) is 0 Å². The molecule has 0 aliphatic heterocycles. The van der Waals surface area contributed by atoms with Crippen LogP contribution in [0.15, 0.2) is 30.3 Å². The van der Waals surface area contributed by atoms with Crippen molar-refractivity contribution in [3.63, 3.8) is 0 Å². The van der Waals surface area contributed by atoms with Crippen molar-refractivity contribution >= 4 is 0 Å². The molecule has 0 nitrogen and oxygen atoms in total. The molecule has 2 rings (SSSR count). The molecule has 0 amide bonds. The number of benzene rings is 1. The van der Waals surface area contributed by atoms with Crippen LogP contribution in [0.5, 0.6) is 0 Å². The minimum absolute atomic E-state index is 0.908. The first-order chi connectivity index (χ1) is 8.45. The quantitative estimate of drug-likeness (QED) is 0.661. The van der Waals surface area contributed by atoms with Crippen molar-refractivity contribution in [1.82, 2.24) is 0 Å². The summed E-state index contributed by atoms with van der Waals surface area (Å²) in [5, 5.41) is 0. The summed E-state index contributed by atoms with van der Waals surface area (Å²) in [7, 11) is 0. The van der Waals surface area contributed by atoms with Crippen molar-refractivity contribution in [3.05, 3.63) is 35.9 Å². The highest BCUT2D eigenvalue weighted by atomic mass is 14.2. The molecule has 0 heterocycles. The highest BCUT2D eigenvalue weighted by Gasteiger charge is 2.11. The topological polar surface area (TPSA) is 0 Å². The van der Waals surface area contributed by atoms with Crippen LogP contribution in [-0.4, -0.2) is 0 Å². The predicted molar refractivity (Wildman–Crippen MR) is 73.7 cm³/mol. The van der Waals surface area contributed by atoms with E-state index in [1.54, 1.807) is 0 Å². The molecule has 0 atom stereocenters. The zero-order chi connectivity index (χ0) is 11.8. The maximum absolute atomic E-state index is 3.33. The van der Waals surface area contributed by atoms with Gasteiger partial charge in [0.05, 0.1) is 0 Å². The van der Waals surface area contributed by atoms with Gasteiger partial charge < -0.3 is 0 Å². The normalized spacial score (nSPS) is 16.2. The summed E-state index contributed by atoms with van der Waals surface area (Å²) in [5.41, 5.74) is 1.33. The summed E-state index contributed by atoms with van der Waals surface area (Å²) in [6.07, 6.45) is 10.6. The van der Waals surface area contributed by atoms with E-state index in [0.29, 0.717) is 0 Å². The van der Waals surface area contributed by atoms with Crippen LogP contribution in [0, 0.1) is 17.8 Å². The first-order valence-corrected chi connectivity index (χ1v) is 6.95. The lowest BCUT2D eigenvalue weighted by atomic mass is 9.86. The van der Waals surface area contributed by atoms with Gasteiger partial charge >= 0.3 is 0 Å². The molecule has 0 heteroatoms. The molecule has 1 saturated carbocycles. The van der Waals surface area contributed by atoms with E-state index >= 15 is 0 Å². The molecule has 0 bridgehead atoms. The lowest BCUT2D eigenvalue weighted by Crippen LogP contribution is -2.05. The predicted octanol–water partition coefficient (Wildman–Crippen LogP) is 4.59. The van der Waals surface area contributed by atoms with Gasteiger partial charge in [0.1, 0.15) is 0 Å². The van der Waals surface area contributed by atoms with E-state index in [9.17, 15) is 0 Å². The van der Waals surface area contributed by atoms with Gasteiger partial charge in [0.25, 0.3) is 0 Å². The Hall–Kier alpha value is -1.22. The Morgan fingerprint density at radius 3 is 2.47 bits per heavy atom. The Balaban J connectivity index is 1.65. The molecule has 90 valence electrons. The molecule has 17 heavy (non-hydrogen) atoms. The van der Waals surface area contributed by atoms with Crippen LogP contribution < -0.4 is 0 Å². The third kappa shape index (κ3) is 4.65. The third-order valence-electron chi connectivity index (χ3n) is 3.66. The largest absolute Gasteiger partial charge is 0.103 e. The SMILES string of the molecule is C(#CCc1ccccc1)CCC1CCCCC1. The second-order valence-electron chi connectivity index (χ2n) is 5.06. The first kappa shape index (κ1) is 12.2. The first-order valence-electron chi connectivity index (χ1n) is 6.95. The van der Waals surface area contributed by atoms with Crippen LogP contribution >= 0.6 is 0 Å². The minimum Gasteiger partial charge on any atom is -0.103 e. The van der Waals surface area contributed by atoms with Crippen molar-refractivity contribution in [3.8, 4) is 11.8 Å². The fourth-order valence-electron chi connectivity index (χ4n) is 2.60. The second-order valence-corrected chi connectivity index (χ2v) is 5.06. The Kier molecular flexibility index (Phi) is 5.17. The maximum atomic E-state index is 3.33. The van der Waals surface area contributed by atoms with E-state index in [1.165, 1.54) is 44.1 Å². The number of hydrogen-bond donors (Lipinski definition) is 0. The van der Waals surface area contributed by atoms with Gasteiger partial charge in [-0.05, 0) is 17.9 Å². The van der Waals surface area contributed by atoms with Crippen LogP contribution in [0.4, 0.5) is 0 Å². The lowest BCUT2D eigenvalue weighted by Gasteiger charge is -2.20. The highest BCUT2D eigenvalue weighted by Crippen LogP contribution is 2.26. The van der Waals surface area contributed by atoms with Gasteiger partial charge in [-0.15, -0.1) is 5.92 Å². The van der Waals surface area contributed by atoms with Gasteiger partial charge in [0, 0.05) is 12.8 Å². The summed E-state index contributed by atoms with van der Waals surface area (Å²) in [5.74, 6) is 7.59. The van der Waals surface area contributed by atoms with Crippen molar-refractivity contribution in [2.45, 2.75) is 51.4 Å². The highest BCUT2D eigenvalue weighted by molar-refractivity contribution is 5.20. The monoisotopic (exact) mass is 226 g/mol. The van der Waals surface area contributed by atoms with E-state index in [0.717, 1.165) is 18.8 Å². The van der Waals surface area contributed by atoms with Gasteiger partial charge in [-0.2, -0.15) is 0 Å². The average Bonchev–Trinajstić information content (AvgIpc) is 2.41. The summed E-state index contributed by atoms with van der Waals surface area (Å²) in [6.45, 7) is 0. The zero-order valence-corrected chi connectivity index (χ0v) is 10.6. The molecular weight excluding hydrogens is 204 g/mol. The maximum Gasteiger partial charge on any atom is 0.0340 e. The Labute approximate surface area is 105 Å². The fourth-order valence-corrected chi connectivity index (χ4v) is 2.60. The van der Waals surface area contributed by atoms with Crippen LogP contribution in [0.2, 0.25) is 0 Å². The van der Waals surface area contributed by atoms with Gasteiger partial charge in [-0.3, -0.25) is 0 Å². The summed E-state index contributed by atoms with van der Waals surface area (Å²) in [4.78, 5) is 0. The molecule has 1 aliphatic rings. The molecule has 0 unspecified atom stereocenters. The van der Waals surface area contributed by atoms with E-state index in [2.05, 4.69) is 42.2 Å². The van der Waals surface area contributed by atoms with Gasteiger partial charge in [0.2, 0.25) is 0 Å². The molecule has 1 fully saturated rings. The van der Waals surface area contributed by atoms with Crippen LogP contribution in [0.25, 0.3) is 0 Å². The number of hydrogen-bond acceptors (Lipinski definition) is 0. The van der Waals surface area contributed by atoms with Crippen molar-refractivity contribution in [2.24, 2.45) is 5.92 Å². The molecule has 0 spiro atoms. The molecule has 0 radical (unpaired) electrons. The standard InChI is InChI=1S/C17H22/c1-4-10-16(11-5-1)14-8-3-9-15-17-12-6-2-7-13-17/h1,4-5,10-11,17H,2,6-7,9,12-15H2. The molecule has 0 N–H and O–H groups in total. The molecule has 0 saturated heterocycles. The van der Waals surface area contributed by atoms with E-state index in [-0.39, 0.29) is 0 Å². The van der Waals surface area contributed by atoms with Crippen molar-refractivity contribution in [2.75, 3.05) is 0 Å². The van der Waals surface area contributed by atoms with Gasteiger partial charge in [-0.25, -0.2) is 0 Å². The molecule has 1 aromatic carbocycles. The number of rotatable bonds is 3. The molecule has 0 aromatic heterocycles. The van der Waals surface area contributed by atoms with Crippen LogP contribution in [0.3, 0.4) is 0 Å². The van der Waals surface area contributed by atoms with Gasteiger partial charge in [0.15, 0.2) is 0 Å². The Morgan fingerprint density at radius 2 is 1.71 bits per heavy atom. The molecule has 1 aliphatic carbocycles. The van der Waals surface area contributed by atoms with Crippen LogP contribution in [-0.2, 0) is 6.42 Å². The third-order valence-corrected chi connectivity index (χ3v) is 3.66. The van der Waals surface area contributed by atoms with E-state index < -0.39 is 0 Å². The lowest BCUT2D eigenvalue weighted by molar-refractivity contribution is 0.342. The minimum atomic E-state index is 0.908. The zero-order valence-electron chi connectivity index (χ0n) is 10.6. The van der Waals surface area contributed by atoms with E-state index in [1.807, 2.05) is 0 Å². The summed E-state index contributed by atoms with van der Waals surface area (Å²) >= 11 is 0. The van der Waals surface area contributed by atoms with Crippen molar-refractivity contribution < 1.29 is 0 Å². The fraction of sp³-hybridized carbons (Fsp3) is 0.529. The van der Waals surface area contributed by atoms with E-state index in [4.69, 9.17) is 0 Å². The summed E-state index contributed by atoms with van der Waals surface area (Å²) in [6, 6.07) is 10.5. The van der Waals surface area contributed by atoms with Crippen LogP contribution in [0.1, 0.15) is 50.5 Å². The van der Waals surface area contributed by atoms with Gasteiger partial charge in [-0.1, -0.05) is 68.4 Å². The molecule has 1 aromatic rings. The summed E-state index contributed by atoms with van der Waals surface area (Å²) < 4.78 is 0.